The Morgan fingerprint density at radius 2 is 1.63 bits per heavy atom. The first-order chi connectivity index (χ1) is 8.97. The summed E-state index contributed by atoms with van der Waals surface area (Å²) in [4.78, 5) is 0. The standard InChI is InChI=1S/C14H23N5/c1-10(2)14-7-13(19(5)17-14)9-15-8-12-6-11(3)16-18(12)4/h6-7,10,15H,8-9H2,1-5H3. The Bertz CT molecular complexity index is 550. The third kappa shape index (κ3) is 3.23. The quantitative estimate of drug-likeness (QED) is 0.894. The van der Waals surface area contributed by atoms with Gasteiger partial charge in [0, 0.05) is 27.2 Å². The molecule has 104 valence electrons. The molecule has 2 heterocycles. The third-order valence-corrected chi connectivity index (χ3v) is 3.30. The predicted octanol–water partition coefficient (Wildman–Crippen LogP) is 1.88. The molecule has 0 aliphatic heterocycles. The van der Waals surface area contributed by atoms with Crippen LogP contribution in [0.5, 0.6) is 0 Å². The summed E-state index contributed by atoms with van der Waals surface area (Å²) in [5.74, 6) is 0.472. The van der Waals surface area contributed by atoms with Gasteiger partial charge in [-0.15, -0.1) is 0 Å². The summed E-state index contributed by atoms with van der Waals surface area (Å²) in [6, 6.07) is 4.28. The van der Waals surface area contributed by atoms with Crippen molar-refractivity contribution in [2.75, 3.05) is 0 Å². The molecule has 0 aromatic carbocycles. The second-order valence-electron chi connectivity index (χ2n) is 5.34. The fourth-order valence-electron chi connectivity index (χ4n) is 2.13. The fourth-order valence-corrected chi connectivity index (χ4v) is 2.13. The maximum Gasteiger partial charge on any atom is 0.0653 e. The van der Waals surface area contributed by atoms with Crippen LogP contribution in [0.3, 0.4) is 0 Å². The van der Waals surface area contributed by atoms with Gasteiger partial charge in [0.05, 0.1) is 22.8 Å². The van der Waals surface area contributed by atoms with E-state index in [4.69, 9.17) is 0 Å². The Morgan fingerprint density at radius 1 is 1.05 bits per heavy atom. The zero-order valence-corrected chi connectivity index (χ0v) is 12.4. The number of nitrogens with one attached hydrogen (secondary N) is 1. The smallest absolute Gasteiger partial charge is 0.0653 e. The molecule has 1 N–H and O–H groups in total. The molecule has 0 aliphatic carbocycles. The molecule has 0 saturated heterocycles. The van der Waals surface area contributed by atoms with Crippen LogP contribution in [0.1, 0.15) is 42.5 Å². The number of hydrogen-bond donors (Lipinski definition) is 1. The van der Waals surface area contributed by atoms with Crippen molar-refractivity contribution in [3.05, 3.63) is 34.9 Å². The largest absolute Gasteiger partial charge is 0.306 e. The van der Waals surface area contributed by atoms with Gasteiger partial charge >= 0.3 is 0 Å². The minimum atomic E-state index is 0.472. The van der Waals surface area contributed by atoms with Gasteiger partial charge in [-0.2, -0.15) is 10.2 Å². The van der Waals surface area contributed by atoms with Crippen molar-refractivity contribution in [3.63, 3.8) is 0 Å². The van der Waals surface area contributed by atoms with E-state index in [1.807, 2.05) is 30.4 Å². The summed E-state index contributed by atoms with van der Waals surface area (Å²) >= 11 is 0. The molecule has 5 heteroatoms. The Morgan fingerprint density at radius 3 is 2.11 bits per heavy atom. The minimum absolute atomic E-state index is 0.472. The maximum atomic E-state index is 4.52. The van der Waals surface area contributed by atoms with Gasteiger partial charge in [-0.05, 0) is 25.0 Å². The highest BCUT2D eigenvalue weighted by Gasteiger charge is 2.08. The van der Waals surface area contributed by atoms with E-state index in [2.05, 4.69) is 41.5 Å². The summed E-state index contributed by atoms with van der Waals surface area (Å²) in [5.41, 5.74) is 4.61. The molecule has 0 bridgehead atoms. The molecular weight excluding hydrogens is 238 g/mol. The highest BCUT2D eigenvalue weighted by molar-refractivity contribution is 5.13. The number of hydrogen-bond acceptors (Lipinski definition) is 3. The van der Waals surface area contributed by atoms with Crippen LogP contribution in [0.4, 0.5) is 0 Å². The van der Waals surface area contributed by atoms with Crippen LogP contribution in [-0.2, 0) is 27.2 Å². The summed E-state index contributed by atoms with van der Waals surface area (Å²) in [6.07, 6.45) is 0. The topological polar surface area (TPSA) is 47.7 Å². The Hall–Kier alpha value is -1.62. The first-order valence-corrected chi connectivity index (χ1v) is 6.70. The Balaban J connectivity index is 1.94. The Kier molecular flexibility index (Phi) is 4.04. The van der Waals surface area contributed by atoms with Gasteiger partial charge in [0.1, 0.15) is 0 Å². The molecule has 0 radical (unpaired) electrons. The summed E-state index contributed by atoms with van der Waals surface area (Å²) in [5, 5.41) is 12.3. The summed E-state index contributed by atoms with van der Waals surface area (Å²) in [6.45, 7) is 7.98. The van der Waals surface area contributed by atoms with E-state index >= 15 is 0 Å². The van der Waals surface area contributed by atoms with Crippen LogP contribution in [0.15, 0.2) is 12.1 Å². The SMILES string of the molecule is Cc1cc(CNCc2cc(C(C)C)nn2C)n(C)n1. The maximum absolute atomic E-state index is 4.52. The molecule has 19 heavy (non-hydrogen) atoms. The molecule has 0 unspecified atom stereocenters. The van der Waals surface area contributed by atoms with Crippen molar-refractivity contribution < 1.29 is 0 Å². The summed E-state index contributed by atoms with van der Waals surface area (Å²) in [7, 11) is 3.97. The molecule has 0 amide bonds. The fraction of sp³-hybridized carbons (Fsp3) is 0.571. The van der Waals surface area contributed by atoms with Gasteiger partial charge in [0.15, 0.2) is 0 Å². The number of rotatable bonds is 5. The molecule has 0 atom stereocenters. The van der Waals surface area contributed by atoms with Crippen LogP contribution < -0.4 is 5.32 Å². The second-order valence-corrected chi connectivity index (χ2v) is 5.34. The molecule has 0 spiro atoms. The van der Waals surface area contributed by atoms with E-state index in [0.29, 0.717) is 5.92 Å². The molecule has 0 saturated carbocycles. The molecule has 5 nitrogen and oxygen atoms in total. The zero-order chi connectivity index (χ0) is 14.0. The van der Waals surface area contributed by atoms with Crippen molar-refractivity contribution in [2.24, 2.45) is 14.1 Å². The monoisotopic (exact) mass is 261 g/mol. The number of aryl methyl sites for hydroxylation is 3. The van der Waals surface area contributed by atoms with Crippen LogP contribution in [-0.4, -0.2) is 19.6 Å². The van der Waals surface area contributed by atoms with Crippen LogP contribution in [0, 0.1) is 6.92 Å². The highest BCUT2D eigenvalue weighted by Crippen LogP contribution is 2.13. The van der Waals surface area contributed by atoms with Crippen LogP contribution in [0.25, 0.3) is 0 Å². The summed E-state index contributed by atoms with van der Waals surface area (Å²) < 4.78 is 3.88. The van der Waals surface area contributed by atoms with Gasteiger partial charge < -0.3 is 5.32 Å². The van der Waals surface area contributed by atoms with Gasteiger partial charge in [0.2, 0.25) is 0 Å². The van der Waals surface area contributed by atoms with E-state index in [0.717, 1.165) is 24.5 Å². The number of aromatic nitrogens is 4. The first-order valence-electron chi connectivity index (χ1n) is 6.70. The zero-order valence-electron chi connectivity index (χ0n) is 12.4. The minimum Gasteiger partial charge on any atom is -0.306 e. The van der Waals surface area contributed by atoms with E-state index in [1.165, 1.54) is 11.4 Å². The van der Waals surface area contributed by atoms with Gasteiger partial charge in [-0.25, -0.2) is 0 Å². The molecule has 0 fully saturated rings. The van der Waals surface area contributed by atoms with Crippen molar-refractivity contribution in [2.45, 2.75) is 39.8 Å². The molecule has 2 aromatic heterocycles. The predicted molar refractivity (Wildman–Crippen MR) is 75.8 cm³/mol. The van der Waals surface area contributed by atoms with E-state index in [9.17, 15) is 0 Å². The second kappa shape index (κ2) is 5.57. The highest BCUT2D eigenvalue weighted by atomic mass is 15.3. The van der Waals surface area contributed by atoms with Crippen LogP contribution >= 0.6 is 0 Å². The van der Waals surface area contributed by atoms with Gasteiger partial charge in [0.25, 0.3) is 0 Å². The van der Waals surface area contributed by atoms with Crippen molar-refractivity contribution in [1.82, 2.24) is 24.9 Å². The lowest BCUT2D eigenvalue weighted by atomic mass is 10.1. The lowest BCUT2D eigenvalue weighted by Crippen LogP contribution is -2.17. The normalized spacial score (nSPS) is 11.5. The van der Waals surface area contributed by atoms with Crippen molar-refractivity contribution in [1.29, 1.82) is 0 Å². The first kappa shape index (κ1) is 13.8. The lowest BCUT2D eigenvalue weighted by Gasteiger charge is -2.05. The van der Waals surface area contributed by atoms with Crippen molar-refractivity contribution >= 4 is 0 Å². The van der Waals surface area contributed by atoms with Crippen molar-refractivity contribution in [3.8, 4) is 0 Å². The van der Waals surface area contributed by atoms with E-state index < -0.39 is 0 Å². The van der Waals surface area contributed by atoms with Gasteiger partial charge in [-0.3, -0.25) is 9.36 Å². The number of nitrogens with zero attached hydrogens (tertiary/aromatic N) is 4. The van der Waals surface area contributed by atoms with E-state index in [-0.39, 0.29) is 0 Å². The Labute approximate surface area is 114 Å². The molecule has 0 aliphatic rings. The average molecular weight is 261 g/mol. The third-order valence-electron chi connectivity index (χ3n) is 3.30. The van der Waals surface area contributed by atoms with Crippen LogP contribution in [0.2, 0.25) is 0 Å². The molecule has 2 aromatic rings. The lowest BCUT2D eigenvalue weighted by molar-refractivity contribution is 0.592. The van der Waals surface area contributed by atoms with Gasteiger partial charge in [-0.1, -0.05) is 13.8 Å². The van der Waals surface area contributed by atoms with E-state index in [1.54, 1.807) is 0 Å². The molecular formula is C14H23N5. The molecule has 2 rings (SSSR count). The average Bonchev–Trinajstić information content (AvgIpc) is 2.83.